The van der Waals surface area contributed by atoms with Crippen molar-refractivity contribution in [3.8, 4) is 0 Å². The minimum absolute atomic E-state index is 0.787. The van der Waals surface area contributed by atoms with E-state index in [1.54, 1.807) is 0 Å². The summed E-state index contributed by atoms with van der Waals surface area (Å²) in [6.07, 6.45) is 1.74. The first-order chi connectivity index (χ1) is 8.61. The summed E-state index contributed by atoms with van der Waals surface area (Å²) in [6.45, 7) is 4.20. The van der Waals surface area contributed by atoms with E-state index in [2.05, 4.69) is 44.2 Å². The molecule has 0 saturated carbocycles. The summed E-state index contributed by atoms with van der Waals surface area (Å²) in [6, 6.07) is 14.5. The summed E-state index contributed by atoms with van der Waals surface area (Å²) in [5, 5.41) is 11.0. The molecule has 2 aromatic rings. The van der Waals surface area contributed by atoms with Gasteiger partial charge in [-0.1, -0.05) is 42.5 Å². The van der Waals surface area contributed by atoms with Crippen LogP contribution in [0, 0.1) is 13.8 Å². The summed E-state index contributed by atoms with van der Waals surface area (Å²) in [7, 11) is 0. The van der Waals surface area contributed by atoms with Gasteiger partial charge in [-0.3, -0.25) is 0 Å². The maximum absolute atomic E-state index is 11.0. The fraction of sp³-hybridized carbons (Fsp3) is 0.294. The molecule has 3 rings (SSSR count). The Bertz CT molecular complexity index is 600. The van der Waals surface area contributed by atoms with E-state index in [9.17, 15) is 5.11 Å². The SMILES string of the molecule is Cc1ccc(C2(O)CCc3ccccc32)cc1C. The highest BCUT2D eigenvalue weighted by Gasteiger charge is 2.37. The van der Waals surface area contributed by atoms with Crippen LogP contribution in [-0.4, -0.2) is 5.11 Å². The fourth-order valence-electron chi connectivity index (χ4n) is 2.89. The predicted molar refractivity (Wildman–Crippen MR) is 73.7 cm³/mol. The average molecular weight is 238 g/mol. The third-order valence-corrected chi connectivity index (χ3v) is 4.20. The quantitative estimate of drug-likeness (QED) is 0.806. The molecule has 0 aromatic heterocycles. The minimum Gasteiger partial charge on any atom is -0.380 e. The molecule has 2 aromatic carbocycles. The van der Waals surface area contributed by atoms with Gasteiger partial charge in [0, 0.05) is 0 Å². The van der Waals surface area contributed by atoms with E-state index in [0.717, 1.165) is 24.0 Å². The molecule has 1 nitrogen and oxygen atoms in total. The molecule has 0 spiro atoms. The highest BCUT2D eigenvalue weighted by atomic mass is 16.3. The molecule has 0 radical (unpaired) electrons. The maximum atomic E-state index is 11.0. The highest BCUT2D eigenvalue weighted by molar-refractivity contribution is 5.46. The van der Waals surface area contributed by atoms with Crippen molar-refractivity contribution in [3.63, 3.8) is 0 Å². The Labute approximate surface area is 108 Å². The van der Waals surface area contributed by atoms with E-state index in [0.29, 0.717) is 0 Å². The van der Waals surface area contributed by atoms with Gasteiger partial charge in [0.15, 0.2) is 0 Å². The van der Waals surface area contributed by atoms with E-state index < -0.39 is 5.60 Å². The van der Waals surface area contributed by atoms with Crippen molar-refractivity contribution in [1.82, 2.24) is 0 Å². The second-order valence-corrected chi connectivity index (χ2v) is 5.32. The molecule has 0 aliphatic heterocycles. The monoisotopic (exact) mass is 238 g/mol. The normalized spacial score (nSPS) is 21.9. The first kappa shape index (κ1) is 11.5. The fourth-order valence-corrected chi connectivity index (χ4v) is 2.89. The number of benzene rings is 2. The van der Waals surface area contributed by atoms with Crippen molar-refractivity contribution in [2.45, 2.75) is 32.3 Å². The van der Waals surface area contributed by atoms with Crippen molar-refractivity contribution in [2.24, 2.45) is 0 Å². The van der Waals surface area contributed by atoms with Crippen molar-refractivity contribution < 1.29 is 5.11 Å². The van der Waals surface area contributed by atoms with Crippen molar-refractivity contribution in [3.05, 3.63) is 70.3 Å². The molecule has 0 saturated heterocycles. The van der Waals surface area contributed by atoms with Gasteiger partial charge in [-0.15, -0.1) is 0 Å². The Morgan fingerprint density at radius 1 is 1.00 bits per heavy atom. The van der Waals surface area contributed by atoms with Crippen molar-refractivity contribution >= 4 is 0 Å². The molecule has 1 atom stereocenters. The molecule has 1 aliphatic rings. The predicted octanol–water partition coefficient (Wildman–Crippen LogP) is 3.49. The first-order valence-corrected chi connectivity index (χ1v) is 6.50. The average Bonchev–Trinajstić information content (AvgIpc) is 2.73. The zero-order valence-electron chi connectivity index (χ0n) is 10.9. The Kier molecular flexibility index (Phi) is 2.53. The number of aliphatic hydroxyl groups is 1. The lowest BCUT2D eigenvalue weighted by Gasteiger charge is -2.25. The van der Waals surface area contributed by atoms with Crippen LogP contribution in [0.5, 0.6) is 0 Å². The van der Waals surface area contributed by atoms with Crippen LogP contribution in [0.15, 0.2) is 42.5 Å². The first-order valence-electron chi connectivity index (χ1n) is 6.50. The van der Waals surface area contributed by atoms with Crippen molar-refractivity contribution in [2.75, 3.05) is 0 Å². The second-order valence-electron chi connectivity index (χ2n) is 5.32. The van der Waals surface area contributed by atoms with Gasteiger partial charge in [0.1, 0.15) is 5.60 Å². The van der Waals surface area contributed by atoms with E-state index in [1.807, 2.05) is 12.1 Å². The van der Waals surface area contributed by atoms with Crippen LogP contribution in [0.4, 0.5) is 0 Å². The van der Waals surface area contributed by atoms with E-state index >= 15 is 0 Å². The summed E-state index contributed by atoms with van der Waals surface area (Å²) in [5.74, 6) is 0. The minimum atomic E-state index is -0.797. The number of rotatable bonds is 1. The Balaban J connectivity index is 2.14. The molecule has 1 unspecified atom stereocenters. The third-order valence-electron chi connectivity index (χ3n) is 4.20. The molecule has 0 bridgehead atoms. The highest BCUT2D eigenvalue weighted by Crippen LogP contribution is 2.42. The number of hydrogen-bond acceptors (Lipinski definition) is 1. The number of fused-ring (bicyclic) bond motifs is 1. The van der Waals surface area contributed by atoms with Gasteiger partial charge in [-0.2, -0.15) is 0 Å². The molecule has 92 valence electrons. The van der Waals surface area contributed by atoms with Crippen LogP contribution >= 0.6 is 0 Å². The topological polar surface area (TPSA) is 20.2 Å². The molecule has 0 heterocycles. The van der Waals surface area contributed by atoms with E-state index in [-0.39, 0.29) is 0 Å². The lowest BCUT2D eigenvalue weighted by atomic mass is 9.86. The molecule has 0 amide bonds. The van der Waals surface area contributed by atoms with E-state index in [1.165, 1.54) is 16.7 Å². The molecular formula is C17H18O. The van der Waals surface area contributed by atoms with Crippen LogP contribution in [0.3, 0.4) is 0 Å². The van der Waals surface area contributed by atoms with Gasteiger partial charge in [0.25, 0.3) is 0 Å². The summed E-state index contributed by atoms with van der Waals surface area (Å²) >= 11 is 0. The summed E-state index contributed by atoms with van der Waals surface area (Å²) in [5.41, 5.74) is 5.09. The summed E-state index contributed by atoms with van der Waals surface area (Å²) < 4.78 is 0. The van der Waals surface area contributed by atoms with Gasteiger partial charge in [0.2, 0.25) is 0 Å². The molecule has 0 fully saturated rings. The van der Waals surface area contributed by atoms with Crippen molar-refractivity contribution in [1.29, 1.82) is 0 Å². The van der Waals surface area contributed by atoms with Crippen LogP contribution in [0.2, 0.25) is 0 Å². The van der Waals surface area contributed by atoms with Crippen LogP contribution in [-0.2, 0) is 12.0 Å². The molecule has 1 heteroatoms. The zero-order valence-corrected chi connectivity index (χ0v) is 10.9. The van der Waals surface area contributed by atoms with Gasteiger partial charge in [0.05, 0.1) is 0 Å². The zero-order chi connectivity index (χ0) is 12.8. The third kappa shape index (κ3) is 1.58. The largest absolute Gasteiger partial charge is 0.380 e. The second kappa shape index (κ2) is 3.96. The van der Waals surface area contributed by atoms with Gasteiger partial charge < -0.3 is 5.11 Å². The van der Waals surface area contributed by atoms with Crippen LogP contribution in [0.1, 0.15) is 34.2 Å². The summed E-state index contributed by atoms with van der Waals surface area (Å²) in [4.78, 5) is 0. The Morgan fingerprint density at radius 2 is 1.78 bits per heavy atom. The van der Waals surface area contributed by atoms with Crippen LogP contribution in [0.25, 0.3) is 0 Å². The van der Waals surface area contributed by atoms with Gasteiger partial charge >= 0.3 is 0 Å². The molecule has 1 N–H and O–H groups in total. The molecule has 18 heavy (non-hydrogen) atoms. The Morgan fingerprint density at radius 3 is 2.56 bits per heavy atom. The van der Waals surface area contributed by atoms with Crippen LogP contribution < -0.4 is 0 Å². The lowest BCUT2D eigenvalue weighted by Crippen LogP contribution is -2.24. The smallest absolute Gasteiger partial charge is 0.115 e. The van der Waals surface area contributed by atoms with Gasteiger partial charge in [-0.25, -0.2) is 0 Å². The number of aryl methyl sites for hydroxylation is 3. The number of hydrogen-bond donors (Lipinski definition) is 1. The molecular weight excluding hydrogens is 220 g/mol. The van der Waals surface area contributed by atoms with E-state index in [4.69, 9.17) is 0 Å². The Hall–Kier alpha value is -1.60. The standard InChI is InChI=1S/C17H18O/c1-12-7-8-15(11-13(12)2)17(18)10-9-14-5-3-4-6-16(14)17/h3-8,11,18H,9-10H2,1-2H3. The maximum Gasteiger partial charge on any atom is 0.115 e. The van der Waals surface area contributed by atoms with Gasteiger partial charge in [-0.05, 0) is 54.5 Å². The lowest BCUT2D eigenvalue weighted by molar-refractivity contribution is 0.0829. The molecule has 1 aliphatic carbocycles.